The Hall–Kier alpha value is -2.67. The molecule has 42 heavy (non-hydrogen) atoms. The van der Waals surface area contributed by atoms with Gasteiger partial charge in [0.05, 0.1) is 31.7 Å². The van der Waals surface area contributed by atoms with E-state index < -0.39 is 85.9 Å². The fourth-order valence-electron chi connectivity index (χ4n) is 4.75. The van der Waals surface area contributed by atoms with E-state index in [0.29, 0.717) is 16.4 Å². The summed E-state index contributed by atoms with van der Waals surface area (Å²) in [5.41, 5.74) is -3.60. The van der Waals surface area contributed by atoms with Crippen molar-refractivity contribution >= 4 is 21.9 Å². The van der Waals surface area contributed by atoms with Crippen molar-refractivity contribution in [3.8, 4) is 5.75 Å². The molecule has 2 aliphatic rings. The maximum absolute atomic E-state index is 11.9. The average Bonchev–Trinajstić information content (AvgIpc) is 3.54. The molecule has 0 aliphatic carbocycles. The van der Waals surface area contributed by atoms with E-state index in [9.17, 15) is 40.5 Å². The Morgan fingerprint density at radius 3 is 2.50 bits per heavy atom. The minimum atomic E-state index is -1.93. The van der Waals surface area contributed by atoms with Gasteiger partial charge in [0, 0.05) is 16.8 Å². The van der Waals surface area contributed by atoms with Crippen LogP contribution in [-0.4, -0.2) is 123 Å². The highest BCUT2D eigenvalue weighted by Crippen LogP contribution is 2.36. The van der Waals surface area contributed by atoms with Crippen LogP contribution in [0.5, 0.6) is 5.75 Å². The van der Waals surface area contributed by atoms with Crippen molar-refractivity contribution in [3.63, 3.8) is 0 Å². The van der Waals surface area contributed by atoms with Crippen molar-refractivity contribution in [2.75, 3.05) is 26.4 Å². The molecule has 0 radical (unpaired) electrons. The highest BCUT2D eigenvalue weighted by Gasteiger charge is 2.51. The van der Waals surface area contributed by atoms with Gasteiger partial charge in [-0.25, -0.2) is 4.79 Å². The predicted octanol–water partition coefficient (Wildman–Crippen LogP) is -1.66. The number of ether oxygens (including phenoxy) is 5. The Kier molecular flexibility index (Phi) is 8.63. The van der Waals surface area contributed by atoms with E-state index in [4.69, 9.17) is 32.5 Å². The molecular formula is C27H34O15. The molecule has 0 spiro atoms. The van der Waals surface area contributed by atoms with Gasteiger partial charge < -0.3 is 68.3 Å². The molecule has 0 amide bonds. The Balaban J connectivity index is 1.25. The molecule has 2 aliphatic heterocycles. The number of hydrogen-bond acceptors (Lipinski definition) is 15. The Labute approximate surface area is 238 Å². The van der Waals surface area contributed by atoms with E-state index >= 15 is 0 Å². The zero-order chi connectivity index (χ0) is 30.4. The molecular weight excluding hydrogens is 564 g/mol. The second-order valence-electron chi connectivity index (χ2n) is 11.0. The highest BCUT2D eigenvalue weighted by molar-refractivity contribution is 5.99. The first kappa shape index (κ1) is 30.8. The average molecular weight is 599 g/mol. The molecule has 4 heterocycles. The van der Waals surface area contributed by atoms with Crippen LogP contribution in [0.2, 0.25) is 0 Å². The summed E-state index contributed by atoms with van der Waals surface area (Å²) in [7, 11) is 0. The molecule has 2 saturated heterocycles. The molecule has 232 valence electrons. The first-order chi connectivity index (χ1) is 19.8. The van der Waals surface area contributed by atoms with Crippen molar-refractivity contribution in [3.05, 3.63) is 40.9 Å². The van der Waals surface area contributed by atoms with E-state index in [1.165, 1.54) is 26.2 Å². The Morgan fingerprint density at radius 1 is 1.05 bits per heavy atom. The molecule has 1 aromatic carbocycles. The largest absolute Gasteiger partial charge is 0.483 e. The van der Waals surface area contributed by atoms with Gasteiger partial charge in [0.25, 0.3) is 0 Å². The summed E-state index contributed by atoms with van der Waals surface area (Å²) in [5, 5.41) is 73.2. The van der Waals surface area contributed by atoms with Crippen molar-refractivity contribution < 1.29 is 68.3 Å². The number of aliphatic hydroxyl groups excluding tert-OH is 6. The lowest BCUT2D eigenvalue weighted by atomic mass is 9.97. The third-order valence-electron chi connectivity index (χ3n) is 7.56. The van der Waals surface area contributed by atoms with Gasteiger partial charge in [0.15, 0.2) is 23.7 Å². The van der Waals surface area contributed by atoms with Crippen molar-refractivity contribution in [2.45, 2.75) is 74.3 Å². The standard InChI is InChI=1S/C27H34O15/c1-26(2,15(29)9-37-22-20-13(5-6-36-20)7-12-3-4-16(30)41-21(12)22)42-24-19(33)18(32)17(31)14(40-24)8-38-25-23(34)27(35,10-28)11-39-25/h3-7,14-15,17-19,23-25,28-29,31-35H,8-11H2,1-2H3. The smallest absolute Gasteiger partial charge is 0.336 e. The van der Waals surface area contributed by atoms with Crippen molar-refractivity contribution in [2.24, 2.45) is 0 Å². The van der Waals surface area contributed by atoms with E-state index in [2.05, 4.69) is 0 Å². The molecule has 15 nitrogen and oxygen atoms in total. The minimum absolute atomic E-state index is 0.0918. The van der Waals surface area contributed by atoms with Gasteiger partial charge in [-0.05, 0) is 32.0 Å². The molecule has 9 unspecified atom stereocenters. The molecule has 7 N–H and O–H groups in total. The van der Waals surface area contributed by atoms with Gasteiger partial charge in [0.2, 0.25) is 5.75 Å². The number of rotatable bonds is 10. The topological polar surface area (TPSA) is 231 Å². The number of aliphatic hydroxyl groups is 7. The van der Waals surface area contributed by atoms with Crippen LogP contribution in [0, 0.1) is 0 Å². The van der Waals surface area contributed by atoms with Crippen molar-refractivity contribution in [1.29, 1.82) is 0 Å². The molecule has 9 atom stereocenters. The number of fused-ring (bicyclic) bond motifs is 2. The van der Waals surface area contributed by atoms with Gasteiger partial charge in [-0.3, -0.25) is 0 Å². The number of hydrogen-bond donors (Lipinski definition) is 7. The van der Waals surface area contributed by atoms with Crippen LogP contribution in [0.3, 0.4) is 0 Å². The van der Waals surface area contributed by atoms with Gasteiger partial charge in [0.1, 0.15) is 48.8 Å². The lowest BCUT2D eigenvalue weighted by Gasteiger charge is -2.44. The van der Waals surface area contributed by atoms with Crippen LogP contribution in [0.4, 0.5) is 0 Å². The second kappa shape index (κ2) is 11.8. The monoisotopic (exact) mass is 598 g/mol. The number of benzene rings is 1. The van der Waals surface area contributed by atoms with Crippen LogP contribution in [-0.2, 0) is 18.9 Å². The summed E-state index contributed by atoms with van der Waals surface area (Å²) in [6, 6.07) is 6.28. The maximum Gasteiger partial charge on any atom is 0.336 e. The lowest BCUT2D eigenvalue weighted by Crippen LogP contribution is -2.62. The highest BCUT2D eigenvalue weighted by atomic mass is 16.7. The molecule has 5 rings (SSSR count). The summed E-state index contributed by atoms with van der Waals surface area (Å²) in [6.07, 6.45) is -10.9. The fourth-order valence-corrected chi connectivity index (χ4v) is 4.75. The van der Waals surface area contributed by atoms with Gasteiger partial charge in [-0.15, -0.1) is 0 Å². The van der Waals surface area contributed by atoms with E-state index in [1.54, 1.807) is 18.2 Å². The first-order valence-electron chi connectivity index (χ1n) is 13.2. The molecule has 2 fully saturated rings. The number of furan rings is 1. The quantitative estimate of drug-likeness (QED) is 0.129. The maximum atomic E-state index is 11.9. The molecule has 2 aromatic heterocycles. The fraction of sp³-hybridized carbons (Fsp3) is 0.593. The lowest BCUT2D eigenvalue weighted by molar-refractivity contribution is -0.337. The summed E-state index contributed by atoms with van der Waals surface area (Å²) in [5.74, 6) is 0.0918. The normalized spacial score (nSPS) is 32.9. The van der Waals surface area contributed by atoms with Crippen LogP contribution in [0.1, 0.15) is 13.8 Å². The van der Waals surface area contributed by atoms with E-state index in [1.807, 2.05) is 0 Å². The van der Waals surface area contributed by atoms with Crippen LogP contribution >= 0.6 is 0 Å². The van der Waals surface area contributed by atoms with Gasteiger partial charge in [-0.1, -0.05) is 0 Å². The Bertz CT molecular complexity index is 1430. The van der Waals surface area contributed by atoms with E-state index in [-0.39, 0.29) is 17.9 Å². The zero-order valence-electron chi connectivity index (χ0n) is 22.7. The van der Waals surface area contributed by atoms with E-state index in [0.717, 1.165) is 0 Å². The van der Waals surface area contributed by atoms with Crippen LogP contribution < -0.4 is 10.4 Å². The van der Waals surface area contributed by atoms with Gasteiger partial charge >= 0.3 is 5.63 Å². The minimum Gasteiger partial charge on any atom is -0.483 e. The summed E-state index contributed by atoms with van der Waals surface area (Å²) in [6.45, 7) is 0.923. The second-order valence-corrected chi connectivity index (χ2v) is 11.0. The molecule has 15 heteroatoms. The third-order valence-corrected chi connectivity index (χ3v) is 7.56. The van der Waals surface area contributed by atoms with Gasteiger partial charge in [-0.2, -0.15) is 0 Å². The zero-order valence-corrected chi connectivity index (χ0v) is 22.7. The molecule has 0 bridgehead atoms. The predicted molar refractivity (Wildman–Crippen MR) is 139 cm³/mol. The van der Waals surface area contributed by atoms with Crippen LogP contribution in [0.15, 0.2) is 44.2 Å². The first-order valence-corrected chi connectivity index (χ1v) is 13.2. The van der Waals surface area contributed by atoms with Crippen LogP contribution in [0.25, 0.3) is 21.9 Å². The summed E-state index contributed by atoms with van der Waals surface area (Å²) < 4.78 is 38.7. The Morgan fingerprint density at radius 2 is 1.79 bits per heavy atom. The molecule has 3 aromatic rings. The summed E-state index contributed by atoms with van der Waals surface area (Å²) >= 11 is 0. The SMILES string of the molecule is CC(C)(OC1OC(COC2OCC(O)(CO)C2O)C(O)C(O)C1O)C(O)COc1c2occc2cc2ccc(=O)oc12. The van der Waals surface area contributed by atoms with Crippen molar-refractivity contribution in [1.82, 2.24) is 0 Å². The molecule has 0 saturated carbocycles. The third kappa shape index (κ3) is 5.78. The summed E-state index contributed by atoms with van der Waals surface area (Å²) in [4.78, 5) is 11.9.